The van der Waals surface area contributed by atoms with Gasteiger partial charge in [-0.15, -0.1) is 0 Å². The Balaban J connectivity index is 1.56. The van der Waals surface area contributed by atoms with Gasteiger partial charge in [0.2, 0.25) is 5.91 Å². The molecule has 4 heteroatoms. The van der Waals surface area contributed by atoms with Crippen molar-refractivity contribution in [3.63, 3.8) is 0 Å². The van der Waals surface area contributed by atoms with E-state index in [4.69, 9.17) is 4.52 Å². The van der Waals surface area contributed by atoms with Crippen molar-refractivity contribution >= 4 is 11.6 Å². The van der Waals surface area contributed by atoms with E-state index >= 15 is 0 Å². The Morgan fingerprint density at radius 3 is 3.00 bits per heavy atom. The number of carbonyl (C=O) groups is 1. The van der Waals surface area contributed by atoms with E-state index in [1.165, 1.54) is 31.9 Å². The van der Waals surface area contributed by atoms with Crippen LogP contribution in [0.25, 0.3) is 0 Å². The molecule has 1 N–H and O–H groups in total. The summed E-state index contributed by atoms with van der Waals surface area (Å²) in [5.41, 5.74) is 1.45. The number of hydrogen-bond acceptors (Lipinski definition) is 3. The van der Waals surface area contributed by atoms with Gasteiger partial charge in [0.05, 0.1) is 0 Å². The number of fused-ring (bicyclic) bond motifs is 2. The number of hydrogen-bond donors (Lipinski definition) is 1. The molecule has 3 rings (SSSR count). The molecule has 17 heavy (non-hydrogen) atoms. The second kappa shape index (κ2) is 4.17. The Kier molecular flexibility index (Phi) is 2.65. The summed E-state index contributed by atoms with van der Waals surface area (Å²) < 4.78 is 4.80. The van der Waals surface area contributed by atoms with Crippen molar-refractivity contribution in [3.05, 3.63) is 12.0 Å². The molecule has 0 aliphatic heterocycles. The average Bonchev–Trinajstić information content (AvgIpc) is 2.96. The minimum absolute atomic E-state index is 0.105. The summed E-state index contributed by atoms with van der Waals surface area (Å²) in [4.78, 5) is 11.9. The number of aryl methyl sites for hydroxylation is 1. The van der Waals surface area contributed by atoms with Crippen LogP contribution in [0.15, 0.2) is 10.8 Å². The highest BCUT2D eigenvalue weighted by molar-refractivity contribution is 5.91. The van der Waals surface area contributed by atoms with Crippen molar-refractivity contribution in [2.45, 2.75) is 39.0 Å². The fourth-order valence-corrected chi connectivity index (χ4v) is 3.48. The molecule has 4 nitrogen and oxygen atoms in total. The van der Waals surface area contributed by atoms with Crippen molar-refractivity contribution in [2.75, 3.05) is 5.32 Å². The second-order valence-electron chi connectivity index (χ2n) is 5.50. The third kappa shape index (κ3) is 2.08. The maximum atomic E-state index is 11.9. The second-order valence-corrected chi connectivity index (χ2v) is 5.50. The third-order valence-electron chi connectivity index (χ3n) is 4.36. The van der Waals surface area contributed by atoms with E-state index in [0.29, 0.717) is 18.0 Å². The largest absolute Gasteiger partial charge is 0.362 e. The van der Waals surface area contributed by atoms with Crippen LogP contribution in [0.5, 0.6) is 0 Å². The van der Waals surface area contributed by atoms with E-state index in [1.807, 2.05) is 6.92 Å². The van der Waals surface area contributed by atoms with Crippen LogP contribution in [-0.4, -0.2) is 11.1 Å². The summed E-state index contributed by atoms with van der Waals surface area (Å²) in [6, 6.07) is 0. The molecular formula is C13H18N2O2. The van der Waals surface area contributed by atoms with Gasteiger partial charge in [-0.2, -0.15) is 0 Å². The normalized spacial score (nSPS) is 30.8. The van der Waals surface area contributed by atoms with Crippen LogP contribution in [0.3, 0.4) is 0 Å². The molecule has 1 heterocycles. The molecule has 2 bridgehead atoms. The first-order chi connectivity index (χ1) is 8.22. The lowest BCUT2D eigenvalue weighted by Crippen LogP contribution is -2.20. The van der Waals surface area contributed by atoms with Crippen molar-refractivity contribution in [1.29, 1.82) is 0 Å². The van der Waals surface area contributed by atoms with Crippen LogP contribution in [0, 0.1) is 24.7 Å². The zero-order valence-corrected chi connectivity index (χ0v) is 10.1. The Labute approximate surface area is 101 Å². The van der Waals surface area contributed by atoms with Crippen molar-refractivity contribution in [1.82, 2.24) is 5.16 Å². The molecule has 1 aromatic rings. The van der Waals surface area contributed by atoms with E-state index in [-0.39, 0.29) is 5.91 Å². The maximum absolute atomic E-state index is 11.9. The highest BCUT2D eigenvalue weighted by atomic mass is 16.5. The van der Waals surface area contributed by atoms with E-state index in [0.717, 1.165) is 17.5 Å². The van der Waals surface area contributed by atoms with Crippen LogP contribution in [-0.2, 0) is 4.79 Å². The molecular weight excluding hydrogens is 216 g/mol. The Morgan fingerprint density at radius 1 is 1.53 bits per heavy atom. The molecule has 2 aliphatic rings. The van der Waals surface area contributed by atoms with Crippen LogP contribution in [0.1, 0.15) is 37.8 Å². The first-order valence-electron chi connectivity index (χ1n) is 6.43. The van der Waals surface area contributed by atoms with Crippen LogP contribution < -0.4 is 5.32 Å². The van der Waals surface area contributed by atoms with Gasteiger partial charge in [-0.05, 0) is 43.9 Å². The molecule has 1 amide bonds. The monoisotopic (exact) mass is 234 g/mol. The lowest BCUT2D eigenvalue weighted by atomic mass is 9.86. The molecule has 2 aliphatic carbocycles. The Morgan fingerprint density at radius 2 is 2.41 bits per heavy atom. The lowest BCUT2D eigenvalue weighted by molar-refractivity contribution is -0.117. The third-order valence-corrected chi connectivity index (χ3v) is 4.36. The number of aromatic nitrogens is 1. The smallest absolute Gasteiger partial charge is 0.224 e. The summed E-state index contributed by atoms with van der Waals surface area (Å²) >= 11 is 0. The number of amides is 1. The van der Waals surface area contributed by atoms with E-state index in [2.05, 4.69) is 10.5 Å². The maximum Gasteiger partial charge on any atom is 0.224 e. The lowest BCUT2D eigenvalue weighted by Gasteiger charge is -2.20. The van der Waals surface area contributed by atoms with Gasteiger partial charge in [0.25, 0.3) is 0 Å². The molecule has 0 spiro atoms. The summed E-state index contributed by atoms with van der Waals surface area (Å²) in [7, 11) is 0. The summed E-state index contributed by atoms with van der Waals surface area (Å²) in [5, 5.41) is 6.63. The van der Waals surface area contributed by atoms with Crippen LogP contribution >= 0.6 is 0 Å². The van der Waals surface area contributed by atoms with Gasteiger partial charge >= 0.3 is 0 Å². The van der Waals surface area contributed by atoms with Gasteiger partial charge in [0.15, 0.2) is 0 Å². The van der Waals surface area contributed by atoms with Gasteiger partial charge in [-0.1, -0.05) is 11.6 Å². The molecule has 92 valence electrons. The fraction of sp³-hybridized carbons (Fsp3) is 0.692. The molecule has 3 unspecified atom stereocenters. The molecule has 0 radical (unpaired) electrons. The molecule has 2 saturated carbocycles. The Bertz CT molecular complexity index is 427. The predicted octanol–water partition coefficient (Wildman–Crippen LogP) is 2.75. The van der Waals surface area contributed by atoms with E-state index < -0.39 is 0 Å². The van der Waals surface area contributed by atoms with E-state index in [9.17, 15) is 4.79 Å². The fourth-order valence-electron chi connectivity index (χ4n) is 3.48. The summed E-state index contributed by atoms with van der Waals surface area (Å²) in [6.07, 6.45) is 7.47. The molecule has 0 saturated heterocycles. The zero-order valence-electron chi connectivity index (χ0n) is 10.1. The summed E-state index contributed by atoms with van der Waals surface area (Å²) in [5.74, 6) is 2.41. The highest BCUT2D eigenvalue weighted by Gasteiger charge is 2.40. The van der Waals surface area contributed by atoms with Crippen LogP contribution in [0.4, 0.5) is 5.69 Å². The number of nitrogens with zero attached hydrogens (tertiary/aromatic N) is 1. The average molecular weight is 234 g/mol. The molecule has 2 fully saturated rings. The number of anilines is 1. The Hall–Kier alpha value is -1.32. The minimum atomic E-state index is 0.105. The number of rotatable bonds is 3. The van der Waals surface area contributed by atoms with Gasteiger partial charge < -0.3 is 9.84 Å². The van der Waals surface area contributed by atoms with Gasteiger partial charge in [-0.3, -0.25) is 4.79 Å². The van der Waals surface area contributed by atoms with Crippen LogP contribution in [0.2, 0.25) is 0 Å². The zero-order chi connectivity index (χ0) is 11.8. The first-order valence-corrected chi connectivity index (χ1v) is 6.43. The number of carbonyl (C=O) groups excluding carboxylic acids is 1. The van der Waals surface area contributed by atoms with Crippen molar-refractivity contribution in [2.24, 2.45) is 17.8 Å². The van der Waals surface area contributed by atoms with E-state index in [1.54, 1.807) is 0 Å². The molecule has 3 atom stereocenters. The standard InChI is InChI=1S/C13H18N2O2/c1-8-12(7-17-15-8)14-13(16)6-11-5-9-2-3-10(11)4-9/h7,9-11H,2-6H2,1H3,(H,14,16). The quantitative estimate of drug-likeness (QED) is 0.874. The minimum Gasteiger partial charge on any atom is -0.362 e. The van der Waals surface area contributed by atoms with Gasteiger partial charge in [0.1, 0.15) is 17.6 Å². The van der Waals surface area contributed by atoms with Gasteiger partial charge in [-0.25, -0.2) is 0 Å². The molecule has 1 aromatic heterocycles. The number of nitrogens with one attached hydrogen (secondary N) is 1. The summed E-state index contributed by atoms with van der Waals surface area (Å²) in [6.45, 7) is 1.83. The predicted molar refractivity (Wildman–Crippen MR) is 63.4 cm³/mol. The first kappa shape index (κ1) is 10.8. The van der Waals surface area contributed by atoms with Crippen molar-refractivity contribution in [3.8, 4) is 0 Å². The highest BCUT2D eigenvalue weighted by Crippen LogP contribution is 2.49. The topological polar surface area (TPSA) is 55.1 Å². The van der Waals surface area contributed by atoms with Gasteiger partial charge in [0, 0.05) is 6.42 Å². The SMILES string of the molecule is Cc1nocc1NC(=O)CC1CC2CCC1C2. The molecule has 0 aromatic carbocycles. The van der Waals surface area contributed by atoms with Crippen molar-refractivity contribution < 1.29 is 9.32 Å².